The van der Waals surface area contributed by atoms with Crippen molar-refractivity contribution in [3.63, 3.8) is 0 Å². The molecule has 0 bridgehead atoms. The number of hydrogen-bond donors (Lipinski definition) is 2. The topological polar surface area (TPSA) is 55.8 Å². The Hall–Kier alpha value is -1.82. The van der Waals surface area contributed by atoms with Crippen LogP contribution in [0, 0.1) is 24.6 Å². The van der Waals surface area contributed by atoms with E-state index in [4.69, 9.17) is 0 Å². The number of fused-ring (bicyclic) bond motifs is 2. The number of benzene rings is 1. The molecule has 0 radical (unpaired) electrons. The molecule has 1 aromatic carbocycles. The lowest BCUT2D eigenvalue weighted by atomic mass is 9.82. The van der Waals surface area contributed by atoms with Crippen LogP contribution in [-0.4, -0.2) is 41.3 Å². The molecule has 5 nitrogen and oxygen atoms in total. The van der Waals surface area contributed by atoms with Gasteiger partial charge in [0, 0.05) is 19.1 Å². The summed E-state index contributed by atoms with van der Waals surface area (Å²) in [4.78, 5) is 17.4. The largest absolute Gasteiger partial charge is 0.504 e. The first-order valence-electron chi connectivity index (χ1n) is 9.90. The molecule has 2 heterocycles. The zero-order valence-electron chi connectivity index (χ0n) is 15.2. The highest BCUT2D eigenvalue weighted by Gasteiger charge is 2.47. The average molecular weight is 359 g/mol. The first-order valence-corrected chi connectivity index (χ1v) is 9.90. The predicted octanol–water partition coefficient (Wildman–Crippen LogP) is 2.96. The lowest BCUT2D eigenvalue weighted by Crippen LogP contribution is -2.62. The van der Waals surface area contributed by atoms with Crippen LogP contribution in [0.3, 0.4) is 0 Å². The minimum atomic E-state index is -0.724. The molecule has 3 atom stereocenters. The Morgan fingerprint density at radius 3 is 2.42 bits per heavy atom. The molecule has 5 rings (SSSR count). The summed E-state index contributed by atoms with van der Waals surface area (Å²) in [6, 6.07) is 1.70. The number of aromatic hydroxyl groups is 1. The monoisotopic (exact) mass is 359 g/mol. The van der Waals surface area contributed by atoms with Gasteiger partial charge < -0.3 is 15.3 Å². The van der Waals surface area contributed by atoms with Gasteiger partial charge in [0.1, 0.15) is 5.56 Å². The number of nitrogens with one attached hydrogen (secondary N) is 1. The molecule has 1 amide bonds. The van der Waals surface area contributed by atoms with Gasteiger partial charge in [-0.05, 0) is 56.1 Å². The molecule has 2 saturated carbocycles. The third kappa shape index (κ3) is 2.42. The zero-order chi connectivity index (χ0) is 18.0. The van der Waals surface area contributed by atoms with Gasteiger partial charge >= 0.3 is 0 Å². The summed E-state index contributed by atoms with van der Waals surface area (Å²) in [6.07, 6.45) is 7.16. The third-order valence-corrected chi connectivity index (χ3v) is 6.72. The summed E-state index contributed by atoms with van der Waals surface area (Å²) in [5, 5.41) is 13.3. The number of likely N-dealkylation sites (tertiary alicyclic amines) is 1. The van der Waals surface area contributed by atoms with Crippen LogP contribution in [0.15, 0.2) is 6.07 Å². The molecule has 1 saturated heterocycles. The summed E-state index contributed by atoms with van der Waals surface area (Å²) in [7, 11) is 0. The number of rotatable bonds is 2. The first kappa shape index (κ1) is 16.4. The second kappa shape index (κ2) is 5.84. The van der Waals surface area contributed by atoms with Crippen molar-refractivity contribution in [2.75, 3.05) is 18.0 Å². The number of anilines is 1. The number of aryl methyl sites for hydroxylation is 1. The Morgan fingerprint density at radius 1 is 1.15 bits per heavy atom. The Labute approximate surface area is 153 Å². The second-order valence-corrected chi connectivity index (χ2v) is 8.49. The van der Waals surface area contributed by atoms with Crippen molar-refractivity contribution in [2.45, 2.75) is 57.8 Å². The van der Waals surface area contributed by atoms with Crippen LogP contribution in [-0.2, 0) is 0 Å². The normalized spacial score (nSPS) is 31.5. The Morgan fingerprint density at radius 2 is 1.81 bits per heavy atom. The van der Waals surface area contributed by atoms with Gasteiger partial charge in [0.05, 0.1) is 5.69 Å². The number of carbonyl (C=O) groups excluding carboxylic acids is 1. The summed E-state index contributed by atoms with van der Waals surface area (Å²) in [5.41, 5.74) is 1.54. The van der Waals surface area contributed by atoms with Crippen LogP contribution in [0.4, 0.5) is 10.1 Å². The Bertz CT molecular complexity index is 750. The number of phenolic OH excluding ortho intramolecular Hbond substituents is 1. The van der Waals surface area contributed by atoms with E-state index in [-0.39, 0.29) is 17.8 Å². The van der Waals surface area contributed by atoms with E-state index in [1.54, 1.807) is 0 Å². The number of halogens is 1. The Balaban J connectivity index is 1.54. The molecule has 6 heteroatoms. The van der Waals surface area contributed by atoms with Crippen molar-refractivity contribution in [1.29, 1.82) is 0 Å². The van der Waals surface area contributed by atoms with E-state index in [2.05, 4.69) is 15.1 Å². The maximum atomic E-state index is 14.0. The van der Waals surface area contributed by atoms with Crippen LogP contribution >= 0.6 is 0 Å². The highest BCUT2D eigenvalue weighted by Crippen LogP contribution is 2.45. The molecule has 1 aromatic rings. The summed E-state index contributed by atoms with van der Waals surface area (Å²) in [6.45, 7) is 3.86. The zero-order valence-corrected chi connectivity index (χ0v) is 15.2. The lowest BCUT2D eigenvalue weighted by molar-refractivity contribution is 0.0835. The van der Waals surface area contributed by atoms with Crippen molar-refractivity contribution in [3.05, 3.63) is 23.0 Å². The fourth-order valence-corrected chi connectivity index (χ4v) is 5.33. The maximum absolute atomic E-state index is 14.0. The third-order valence-electron chi connectivity index (χ3n) is 6.72. The summed E-state index contributed by atoms with van der Waals surface area (Å²) in [5.74, 6) is -0.159. The number of phenols is 1. The minimum Gasteiger partial charge on any atom is -0.504 e. The molecular formula is C20H26FN3O2. The van der Waals surface area contributed by atoms with Crippen molar-refractivity contribution >= 4 is 11.6 Å². The SMILES string of the molecule is Cc1cc(F)c(O)c2c1N(C1CC1)C(N1CC3CCCCC3C1)NC2=O. The van der Waals surface area contributed by atoms with Gasteiger partial charge in [-0.1, -0.05) is 12.8 Å². The molecule has 2 N–H and O–H groups in total. The molecule has 26 heavy (non-hydrogen) atoms. The Kier molecular flexibility index (Phi) is 3.68. The van der Waals surface area contributed by atoms with Crippen LogP contribution in [0.1, 0.15) is 54.4 Å². The van der Waals surface area contributed by atoms with Gasteiger partial charge in [-0.15, -0.1) is 0 Å². The minimum absolute atomic E-state index is 0.0993. The van der Waals surface area contributed by atoms with E-state index in [0.717, 1.165) is 49.0 Å². The van der Waals surface area contributed by atoms with E-state index >= 15 is 0 Å². The van der Waals surface area contributed by atoms with Gasteiger partial charge in [0.15, 0.2) is 17.9 Å². The molecule has 2 aliphatic heterocycles. The molecule has 3 unspecified atom stereocenters. The van der Waals surface area contributed by atoms with Crippen LogP contribution in [0.5, 0.6) is 5.75 Å². The van der Waals surface area contributed by atoms with Crippen LogP contribution in [0.2, 0.25) is 0 Å². The first-order chi connectivity index (χ1) is 12.5. The maximum Gasteiger partial charge on any atom is 0.259 e. The van der Waals surface area contributed by atoms with E-state index in [9.17, 15) is 14.3 Å². The van der Waals surface area contributed by atoms with Crippen molar-refractivity contribution in [2.24, 2.45) is 11.8 Å². The van der Waals surface area contributed by atoms with Crippen molar-refractivity contribution in [1.82, 2.24) is 10.2 Å². The van der Waals surface area contributed by atoms with E-state index in [1.165, 1.54) is 31.7 Å². The molecule has 140 valence electrons. The van der Waals surface area contributed by atoms with Crippen molar-refractivity contribution in [3.8, 4) is 5.75 Å². The van der Waals surface area contributed by atoms with Crippen LogP contribution in [0.25, 0.3) is 0 Å². The molecule has 3 fully saturated rings. The van der Waals surface area contributed by atoms with E-state index in [0.29, 0.717) is 6.04 Å². The fourth-order valence-electron chi connectivity index (χ4n) is 5.33. The predicted molar refractivity (Wildman–Crippen MR) is 96.6 cm³/mol. The standard InChI is InChI=1S/C20H26FN3O2/c1-11-8-15(21)18(25)16-17(11)24(14-6-7-14)20(22-19(16)26)23-9-12-4-2-3-5-13(12)10-23/h8,12-14,20,25H,2-7,9-10H2,1H3,(H,22,26). The molecule has 0 spiro atoms. The number of nitrogens with zero attached hydrogens (tertiary/aromatic N) is 2. The smallest absolute Gasteiger partial charge is 0.259 e. The fraction of sp³-hybridized carbons (Fsp3) is 0.650. The van der Waals surface area contributed by atoms with Gasteiger partial charge in [-0.25, -0.2) is 4.39 Å². The van der Waals surface area contributed by atoms with E-state index < -0.39 is 11.6 Å². The molecule has 2 aliphatic carbocycles. The van der Waals surface area contributed by atoms with Gasteiger partial charge in [-0.3, -0.25) is 9.69 Å². The molecule has 4 aliphatic rings. The highest BCUT2D eigenvalue weighted by atomic mass is 19.1. The van der Waals surface area contributed by atoms with Gasteiger partial charge in [0.2, 0.25) is 0 Å². The highest BCUT2D eigenvalue weighted by molar-refractivity contribution is 6.05. The van der Waals surface area contributed by atoms with Crippen LogP contribution < -0.4 is 10.2 Å². The number of amides is 1. The van der Waals surface area contributed by atoms with E-state index in [1.807, 2.05) is 6.92 Å². The summed E-state index contributed by atoms with van der Waals surface area (Å²) < 4.78 is 14.0. The summed E-state index contributed by atoms with van der Waals surface area (Å²) >= 11 is 0. The van der Waals surface area contributed by atoms with Gasteiger partial charge in [0.25, 0.3) is 5.91 Å². The lowest BCUT2D eigenvalue weighted by Gasteiger charge is -2.44. The van der Waals surface area contributed by atoms with Gasteiger partial charge in [-0.2, -0.15) is 0 Å². The van der Waals surface area contributed by atoms with Crippen molar-refractivity contribution < 1.29 is 14.3 Å². The molecular weight excluding hydrogens is 333 g/mol. The number of carbonyl (C=O) groups is 1. The average Bonchev–Trinajstić information content (AvgIpc) is 3.36. The molecule has 0 aromatic heterocycles. The quantitative estimate of drug-likeness (QED) is 0.852. The second-order valence-electron chi connectivity index (χ2n) is 8.49. The number of hydrogen-bond acceptors (Lipinski definition) is 4.